The van der Waals surface area contributed by atoms with Gasteiger partial charge in [0.2, 0.25) is 0 Å². The van der Waals surface area contributed by atoms with Gasteiger partial charge in [0.05, 0.1) is 30.6 Å². The minimum atomic E-state index is -3.01. The van der Waals surface area contributed by atoms with Crippen molar-refractivity contribution < 1.29 is 23.0 Å². The lowest BCUT2D eigenvalue weighted by Crippen LogP contribution is -2.24. The molecule has 1 heterocycles. The van der Waals surface area contributed by atoms with Crippen molar-refractivity contribution in [3.05, 3.63) is 65.4 Å². The predicted octanol–water partition coefficient (Wildman–Crippen LogP) is 4.91. The van der Waals surface area contributed by atoms with Crippen LogP contribution in [0.3, 0.4) is 0 Å². The maximum atomic E-state index is 12.6. The molecule has 1 amide bonds. The number of nitrogens with one attached hydrogen (secondary N) is 2. The molecule has 8 heteroatoms. The first-order valence-corrected chi connectivity index (χ1v) is 9.74. The van der Waals surface area contributed by atoms with Gasteiger partial charge in [-0.15, -0.1) is 0 Å². The number of halogens is 2. The number of aromatic amines is 1. The second-order valence-corrected chi connectivity index (χ2v) is 8.00. The van der Waals surface area contributed by atoms with E-state index in [1.54, 1.807) is 13.2 Å². The van der Waals surface area contributed by atoms with Crippen LogP contribution in [-0.4, -0.2) is 29.8 Å². The number of methoxy groups -OCH3 is 1. The van der Waals surface area contributed by atoms with E-state index >= 15 is 0 Å². The molecule has 3 rings (SSSR count). The van der Waals surface area contributed by atoms with Crippen LogP contribution in [0.2, 0.25) is 0 Å². The molecule has 6 nitrogen and oxygen atoms in total. The van der Waals surface area contributed by atoms with Crippen LogP contribution in [-0.2, 0) is 12.0 Å². The Morgan fingerprint density at radius 2 is 1.87 bits per heavy atom. The van der Waals surface area contributed by atoms with Crippen LogP contribution in [0.5, 0.6) is 11.5 Å². The van der Waals surface area contributed by atoms with Crippen molar-refractivity contribution in [2.24, 2.45) is 0 Å². The normalized spacial score (nSPS) is 11.5. The molecule has 164 valence electrons. The number of benzene rings is 2. The van der Waals surface area contributed by atoms with Gasteiger partial charge >= 0.3 is 6.61 Å². The van der Waals surface area contributed by atoms with Gasteiger partial charge in [0, 0.05) is 5.56 Å². The molecule has 2 N–H and O–H groups in total. The highest BCUT2D eigenvalue weighted by Crippen LogP contribution is 2.34. The molecular weight excluding hydrogens is 404 g/mol. The Balaban J connectivity index is 1.77. The maximum Gasteiger partial charge on any atom is 0.387 e. The smallest absolute Gasteiger partial charge is 0.387 e. The van der Waals surface area contributed by atoms with Gasteiger partial charge in [-0.1, -0.05) is 39.0 Å². The van der Waals surface area contributed by atoms with E-state index in [2.05, 4.69) is 41.0 Å². The Kier molecular flexibility index (Phi) is 6.58. The molecule has 0 saturated carbocycles. The molecule has 2 aromatic carbocycles. The van der Waals surface area contributed by atoms with E-state index in [4.69, 9.17) is 4.74 Å². The van der Waals surface area contributed by atoms with Crippen LogP contribution in [0.4, 0.5) is 8.78 Å². The number of rotatable bonds is 7. The van der Waals surface area contributed by atoms with E-state index in [-0.39, 0.29) is 23.3 Å². The number of ether oxygens (including phenoxy) is 2. The second-order valence-electron chi connectivity index (χ2n) is 8.00. The summed E-state index contributed by atoms with van der Waals surface area (Å²) in [6, 6.07) is 13.6. The van der Waals surface area contributed by atoms with Gasteiger partial charge in [0.25, 0.3) is 5.91 Å². The molecule has 0 fully saturated rings. The topological polar surface area (TPSA) is 76.2 Å². The highest BCUT2D eigenvalue weighted by Gasteiger charge is 2.19. The van der Waals surface area contributed by atoms with Crippen molar-refractivity contribution in [1.29, 1.82) is 0 Å². The molecule has 1 aromatic heterocycles. The number of carbonyl (C=O) groups is 1. The quantitative estimate of drug-likeness (QED) is 0.559. The molecule has 3 aromatic rings. The molecule has 0 aliphatic carbocycles. The van der Waals surface area contributed by atoms with E-state index in [1.807, 2.05) is 24.3 Å². The van der Waals surface area contributed by atoms with Gasteiger partial charge in [0.15, 0.2) is 0 Å². The Bertz CT molecular complexity index is 1060. The molecule has 0 spiro atoms. The van der Waals surface area contributed by atoms with E-state index < -0.39 is 12.5 Å². The van der Waals surface area contributed by atoms with Crippen molar-refractivity contribution in [3.63, 3.8) is 0 Å². The summed E-state index contributed by atoms with van der Waals surface area (Å²) >= 11 is 0. The fraction of sp³-hybridized carbons (Fsp3) is 0.304. The summed E-state index contributed by atoms with van der Waals surface area (Å²) in [5, 5.41) is 9.93. The lowest BCUT2D eigenvalue weighted by Gasteiger charge is -2.20. The molecule has 31 heavy (non-hydrogen) atoms. The van der Waals surface area contributed by atoms with E-state index in [0.29, 0.717) is 17.1 Å². The van der Waals surface area contributed by atoms with E-state index in [9.17, 15) is 13.6 Å². The molecule has 0 bridgehead atoms. The fourth-order valence-electron chi connectivity index (χ4n) is 3.09. The summed E-state index contributed by atoms with van der Waals surface area (Å²) in [5.41, 5.74) is 3.28. The molecule has 0 atom stereocenters. The largest absolute Gasteiger partial charge is 0.496 e. The number of amides is 1. The predicted molar refractivity (Wildman–Crippen MR) is 114 cm³/mol. The van der Waals surface area contributed by atoms with Crippen molar-refractivity contribution in [3.8, 4) is 22.8 Å². The summed E-state index contributed by atoms with van der Waals surface area (Å²) in [6.07, 6.45) is 0. The first-order chi connectivity index (χ1) is 14.7. The Labute approximate surface area is 179 Å². The van der Waals surface area contributed by atoms with Gasteiger partial charge < -0.3 is 14.8 Å². The van der Waals surface area contributed by atoms with Crippen LogP contribution in [0, 0.1) is 0 Å². The number of carbonyl (C=O) groups excluding carboxylic acids is 1. The number of alkyl halides is 2. The third kappa shape index (κ3) is 5.39. The first-order valence-electron chi connectivity index (χ1n) is 9.74. The average molecular weight is 429 g/mol. The number of hydrogen-bond donors (Lipinski definition) is 2. The van der Waals surface area contributed by atoms with Crippen LogP contribution in [0.25, 0.3) is 11.3 Å². The molecule has 0 saturated heterocycles. The summed E-state index contributed by atoms with van der Waals surface area (Å²) in [6.45, 7) is 3.50. The molecule has 0 radical (unpaired) electrons. The number of H-pyrrole nitrogens is 1. The average Bonchev–Trinajstić information content (AvgIpc) is 3.19. The molecular formula is C23H25F2N3O3. The summed E-state index contributed by atoms with van der Waals surface area (Å²) in [4.78, 5) is 12.5. The number of nitrogens with zero attached hydrogens (tertiary/aromatic N) is 1. The summed E-state index contributed by atoms with van der Waals surface area (Å²) in [5.74, 6) is -0.0168. The third-order valence-electron chi connectivity index (χ3n) is 4.76. The highest BCUT2D eigenvalue weighted by atomic mass is 19.3. The summed E-state index contributed by atoms with van der Waals surface area (Å²) < 4.78 is 35.0. The standard InChI is InChI=1S/C23H25F2N3O3/c1-23(2,3)14-9-10-19(30-4)17(11-14)18-12-15(27-28-18)13-26-21(29)16-7-5-6-8-20(16)31-22(24)25/h5-12,22H,13H2,1-4H3,(H,26,29)(H,27,28). The lowest BCUT2D eigenvalue weighted by molar-refractivity contribution is -0.0501. The van der Waals surface area contributed by atoms with Crippen LogP contribution < -0.4 is 14.8 Å². The van der Waals surface area contributed by atoms with Gasteiger partial charge in [-0.2, -0.15) is 13.9 Å². The summed E-state index contributed by atoms with van der Waals surface area (Å²) in [7, 11) is 1.60. The minimum absolute atomic E-state index is 0.0297. The molecule has 0 unspecified atom stereocenters. The Morgan fingerprint density at radius 3 is 2.55 bits per heavy atom. The SMILES string of the molecule is COc1ccc(C(C)(C)C)cc1-c1cc(CNC(=O)c2ccccc2OC(F)F)[nH]n1. The lowest BCUT2D eigenvalue weighted by atomic mass is 9.85. The zero-order valence-electron chi connectivity index (χ0n) is 17.8. The van der Waals surface area contributed by atoms with Crippen molar-refractivity contribution in [2.75, 3.05) is 7.11 Å². The van der Waals surface area contributed by atoms with Crippen LogP contribution in [0.15, 0.2) is 48.5 Å². The number of para-hydroxylation sites is 1. The zero-order valence-corrected chi connectivity index (χ0v) is 17.8. The van der Waals surface area contributed by atoms with Crippen LogP contribution >= 0.6 is 0 Å². The van der Waals surface area contributed by atoms with Gasteiger partial charge in [-0.25, -0.2) is 0 Å². The maximum absolute atomic E-state index is 12.6. The van der Waals surface area contributed by atoms with E-state index in [0.717, 1.165) is 11.1 Å². The highest BCUT2D eigenvalue weighted by molar-refractivity contribution is 5.96. The van der Waals surface area contributed by atoms with Crippen LogP contribution in [0.1, 0.15) is 42.4 Å². The first kappa shape index (κ1) is 22.3. The third-order valence-corrected chi connectivity index (χ3v) is 4.76. The zero-order chi connectivity index (χ0) is 22.6. The van der Waals surface area contributed by atoms with E-state index in [1.165, 1.54) is 18.2 Å². The fourth-order valence-corrected chi connectivity index (χ4v) is 3.09. The minimum Gasteiger partial charge on any atom is -0.496 e. The Morgan fingerprint density at radius 1 is 1.13 bits per heavy atom. The number of aromatic nitrogens is 2. The van der Waals surface area contributed by atoms with Gasteiger partial charge in [-0.3, -0.25) is 9.89 Å². The molecule has 0 aliphatic rings. The van der Waals surface area contributed by atoms with Crippen molar-refractivity contribution in [2.45, 2.75) is 39.3 Å². The van der Waals surface area contributed by atoms with Crippen molar-refractivity contribution >= 4 is 5.91 Å². The monoisotopic (exact) mass is 429 g/mol. The van der Waals surface area contributed by atoms with Crippen molar-refractivity contribution in [1.82, 2.24) is 15.5 Å². The Hall–Kier alpha value is -3.42. The second kappa shape index (κ2) is 9.16. The van der Waals surface area contributed by atoms with Gasteiger partial charge in [-0.05, 0) is 41.3 Å². The molecule has 0 aliphatic heterocycles. The number of hydrogen-bond acceptors (Lipinski definition) is 4. The van der Waals surface area contributed by atoms with Gasteiger partial charge in [0.1, 0.15) is 11.5 Å².